The summed E-state index contributed by atoms with van der Waals surface area (Å²) in [7, 11) is 1.47. The predicted octanol–water partition coefficient (Wildman–Crippen LogP) is 3.29. The number of nitrogens with zero attached hydrogens (tertiary/aromatic N) is 3. The van der Waals surface area contributed by atoms with Crippen LogP contribution in [0.25, 0.3) is 0 Å². The fourth-order valence-electron chi connectivity index (χ4n) is 3.49. The number of carbonyl (C=O) groups is 3. The number of methoxy groups -OCH3 is 1. The minimum atomic E-state index is -0.380. The fourth-order valence-corrected chi connectivity index (χ4v) is 4.28. The molecule has 10 heteroatoms. The zero-order chi connectivity index (χ0) is 26.2. The zero-order valence-electron chi connectivity index (χ0n) is 21.5. The van der Waals surface area contributed by atoms with Gasteiger partial charge in [-0.2, -0.15) is 4.99 Å². The van der Waals surface area contributed by atoms with Gasteiger partial charge in [0.2, 0.25) is 5.91 Å². The van der Waals surface area contributed by atoms with Gasteiger partial charge in [-0.3, -0.25) is 14.4 Å². The third kappa shape index (κ3) is 8.41. The lowest BCUT2D eigenvalue weighted by Crippen LogP contribution is -2.39. The Labute approximate surface area is 211 Å². The highest BCUT2D eigenvalue weighted by Crippen LogP contribution is 2.30. The number of benzene rings is 1. The van der Waals surface area contributed by atoms with E-state index in [4.69, 9.17) is 10.6 Å². The van der Waals surface area contributed by atoms with E-state index in [1.807, 2.05) is 43.8 Å². The van der Waals surface area contributed by atoms with Crippen LogP contribution in [0.4, 0.5) is 5.69 Å². The Hall–Kier alpha value is -2.82. The molecule has 0 unspecified atom stereocenters. The van der Waals surface area contributed by atoms with Crippen LogP contribution in [-0.2, 0) is 16.1 Å². The maximum absolute atomic E-state index is 12.5. The summed E-state index contributed by atoms with van der Waals surface area (Å²) in [6.45, 7) is 11.3. The van der Waals surface area contributed by atoms with Crippen LogP contribution >= 0.6 is 11.3 Å². The molecule has 35 heavy (non-hydrogen) atoms. The van der Waals surface area contributed by atoms with Gasteiger partial charge in [-0.15, -0.1) is 11.3 Å². The van der Waals surface area contributed by atoms with Crippen molar-refractivity contribution in [1.82, 2.24) is 9.88 Å². The molecule has 1 aromatic heterocycles. The highest BCUT2D eigenvalue weighted by atomic mass is 32.1. The Morgan fingerprint density at radius 2 is 2.03 bits per heavy atom. The number of nitrogens with one attached hydrogen (secondary N) is 1. The predicted molar refractivity (Wildman–Crippen MR) is 138 cm³/mol. The number of hydrazine groups is 1. The third-order valence-corrected chi connectivity index (χ3v) is 6.18. The molecule has 0 saturated carbocycles. The SMILES string of the molecule is CC(=O)[C@@H]1CCCN1.CCn1ccsc1=NC(=O)c1ccc(N(N)C(=O)CC(C)(C)C)c(OC)c1. The summed E-state index contributed by atoms with van der Waals surface area (Å²) < 4.78 is 7.24. The molecule has 0 aliphatic carbocycles. The molecule has 192 valence electrons. The standard InChI is InChI=1S/C19H26N4O3S.C6H11NO/c1-6-22-9-10-27-18(22)21-17(25)13-7-8-14(15(11-13)26-5)23(20)16(24)12-19(2,3)4;1-5(8)6-3-2-4-7-6/h7-11H,6,12,20H2,1-5H3;6-7H,2-4H2,1H3/t;6-/m.0/s1. The van der Waals surface area contributed by atoms with Crippen LogP contribution in [0.1, 0.15) is 64.2 Å². The number of thiazole rings is 1. The van der Waals surface area contributed by atoms with E-state index in [0.717, 1.165) is 30.9 Å². The summed E-state index contributed by atoms with van der Waals surface area (Å²) >= 11 is 1.40. The van der Waals surface area contributed by atoms with E-state index in [-0.39, 0.29) is 35.5 Å². The molecule has 0 radical (unpaired) electrons. The number of hydrogen-bond acceptors (Lipinski definition) is 7. The van der Waals surface area contributed by atoms with Gasteiger partial charge >= 0.3 is 0 Å². The molecule has 3 rings (SSSR count). The lowest BCUT2D eigenvalue weighted by Gasteiger charge is -2.24. The number of anilines is 1. The molecule has 2 aromatic rings. The first-order valence-corrected chi connectivity index (χ1v) is 12.6. The van der Waals surface area contributed by atoms with E-state index < -0.39 is 0 Å². The van der Waals surface area contributed by atoms with Gasteiger partial charge < -0.3 is 14.6 Å². The molecule has 1 aromatic carbocycles. The first kappa shape index (κ1) is 28.4. The lowest BCUT2D eigenvalue weighted by atomic mass is 9.92. The minimum Gasteiger partial charge on any atom is -0.494 e. The van der Waals surface area contributed by atoms with Crippen LogP contribution in [-0.4, -0.2) is 41.9 Å². The molecule has 0 spiro atoms. The molecule has 1 aliphatic heterocycles. The Balaban J connectivity index is 0.000000456. The zero-order valence-corrected chi connectivity index (χ0v) is 22.3. The van der Waals surface area contributed by atoms with Crippen LogP contribution in [0, 0.1) is 5.41 Å². The van der Waals surface area contributed by atoms with Gasteiger partial charge in [0.15, 0.2) is 4.80 Å². The van der Waals surface area contributed by atoms with Crippen molar-refractivity contribution in [2.75, 3.05) is 18.7 Å². The second-order valence-electron chi connectivity index (χ2n) is 9.54. The van der Waals surface area contributed by atoms with Gasteiger partial charge in [-0.1, -0.05) is 20.8 Å². The Morgan fingerprint density at radius 1 is 1.31 bits per heavy atom. The highest BCUT2D eigenvalue weighted by Gasteiger charge is 2.23. The Morgan fingerprint density at radius 3 is 2.54 bits per heavy atom. The number of Topliss-reactive ketones (excluding diaryl/α,β-unsaturated/α-hetero) is 1. The van der Waals surface area contributed by atoms with Crippen LogP contribution in [0.3, 0.4) is 0 Å². The summed E-state index contributed by atoms with van der Waals surface area (Å²) in [5.74, 6) is 6.00. The normalized spacial score (nSPS) is 15.9. The number of rotatable bonds is 6. The van der Waals surface area contributed by atoms with E-state index in [1.165, 1.54) is 18.4 Å². The summed E-state index contributed by atoms with van der Waals surface area (Å²) in [5, 5.41) is 6.06. The number of aryl methyl sites for hydroxylation is 1. The fraction of sp³-hybridized carbons (Fsp3) is 0.520. The van der Waals surface area contributed by atoms with Crippen LogP contribution in [0.2, 0.25) is 0 Å². The van der Waals surface area contributed by atoms with Crippen molar-refractivity contribution in [2.45, 2.75) is 66.5 Å². The average Bonchev–Trinajstić information content (AvgIpc) is 3.49. The van der Waals surface area contributed by atoms with E-state index in [0.29, 0.717) is 21.8 Å². The van der Waals surface area contributed by atoms with E-state index in [2.05, 4.69) is 10.3 Å². The Kier molecular flexibility index (Phi) is 10.4. The molecule has 1 saturated heterocycles. The van der Waals surface area contributed by atoms with Gasteiger partial charge in [-0.25, -0.2) is 10.9 Å². The molecule has 2 amide bonds. The van der Waals surface area contributed by atoms with Gasteiger partial charge in [-0.05, 0) is 56.8 Å². The molecular weight excluding hydrogens is 466 g/mol. The molecule has 9 nitrogen and oxygen atoms in total. The number of nitrogens with two attached hydrogens (primary N) is 1. The summed E-state index contributed by atoms with van der Waals surface area (Å²) in [6, 6.07) is 4.92. The van der Waals surface area contributed by atoms with E-state index in [9.17, 15) is 14.4 Å². The second-order valence-corrected chi connectivity index (χ2v) is 10.4. The van der Waals surface area contributed by atoms with Gasteiger partial charge in [0.25, 0.3) is 5.91 Å². The van der Waals surface area contributed by atoms with Gasteiger partial charge in [0.05, 0.1) is 13.2 Å². The number of carbonyl (C=O) groups excluding carboxylic acids is 3. The van der Waals surface area contributed by atoms with Gasteiger partial charge in [0.1, 0.15) is 17.2 Å². The van der Waals surface area contributed by atoms with E-state index in [1.54, 1.807) is 25.1 Å². The maximum Gasteiger partial charge on any atom is 0.279 e. The minimum absolute atomic E-state index is 0.176. The number of amides is 2. The number of ether oxygens (including phenoxy) is 1. The average molecular weight is 504 g/mol. The highest BCUT2D eigenvalue weighted by molar-refractivity contribution is 7.07. The molecule has 1 fully saturated rings. The number of aromatic nitrogens is 1. The molecule has 0 bridgehead atoms. The summed E-state index contributed by atoms with van der Waals surface area (Å²) in [6.07, 6.45) is 4.37. The van der Waals surface area contributed by atoms with Gasteiger partial charge in [0, 0.05) is 30.1 Å². The summed E-state index contributed by atoms with van der Waals surface area (Å²) in [5.41, 5.74) is 0.581. The van der Waals surface area contributed by atoms with Crippen molar-refractivity contribution in [2.24, 2.45) is 16.3 Å². The first-order valence-electron chi connectivity index (χ1n) is 11.7. The number of ketones is 1. The topological polar surface area (TPSA) is 119 Å². The van der Waals surface area contributed by atoms with Crippen molar-refractivity contribution in [3.05, 3.63) is 40.1 Å². The van der Waals surface area contributed by atoms with Crippen molar-refractivity contribution in [3.63, 3.8) is 0 Å². The lowest BCUT2D eigenvalue weighted by molar-refractivity contribution is -0.120. The van der Waals surface area contributed by atoms with Crippen LogP contribution < -0.4 is 25.7 Å². The Bertz CT molecular complexity index is 1090. The van der Waals surface area contributed by atoms with Crippen molar-refractivity contribution >= 4 is 34.6 Å². The number of hydrogen-bond donors (Lipinski definition) is 2. The quantitative estimate of drug-likeness (QED) is 0.355. The monoisotopic (exact) mass is 503 g/mol. The van der Waals surface area contributed by atoms with E-state index >= 15 is 0 Å². The van der Waals surface area contributed by atoms with Crippen molar-refractivity contribution in [3.8, 4) is 5.75 Å². The summed E-state index contributed by atoms with van der Waals surface area (Å²) in [4.78, 5) is 40.3. The molecule has 1 atom stereocenters. The first-order chi connectivity index (χ1) is 16.5. The molecule has 2 heterocycles. The van der Waals surface area contributed by atoms with Crippen LogP contribution in [0.5, 0.6) is 5.75 Å². The largest absolute Gasteiger partial charge is 0.494 e. The van der Waals surface area contributed by atoms with Crippen molar-refractivity contribution < 1.29 is 19.1 Å². The maximum atomic E-state index is 12.5. The molecular formula is C25H37N5O4S. The van der Waals surface area contributed by atoms with Crippen molar-refractivity contribution in [1.29, 1.82) is 0 Å². The molecule has 3 N–H and O–H groups in total. The molecule has 1 aliphatic rings. The smallest absolute Gasteiger partial charge is 0.279 e. The third-order valence-electron chi connectivity index (χ3n) is 5.39. The second kappa shape index (κ2) is 12.8. The van der Waals surface area contributed by atoms with Crippen LogP contribution in [0.15, 0.2) is 34.8 Å².